The van der Waals surface area contributed by atoms with E-state index in [9.17, 15) is 14.7 Å². The van der Waals surface area contributed by atoms with Crippen LogP contribution in [0.2, 0.25) is 0 Å². The Morgan fingerprint density at radius 2 is 1.65 bits per heavy atom. The second-order valence-corrected chi connectivity index (χ2v) is 11.2. The van der Waals surface area contributed by atoms with Crippen molar-refractivity contribution in [2.24, 2.45) is 11.8 Å². The molecule has 2 fully saturated rings. The zero-order valence-corrected chi connectivity index (χ0v) is 22.7. The largest absolute Gasteiger partial charge is 0.493 e. The van der Waals surface area contributed by atoms with Gasteiger partial charge in [-0.1, -0.05) is 66.7 Å². The van der Waals surface area contributed by atoms with Crippen molar-refractivity contribution in [3.8, 4) is 11.5 Å². The molecule has 3 aromatic rings. The first-order chi connectivity index (χ1) is 19.5. The van der Waals surface area contributed by atoms with Crippen LogP contribution in [-0.2, 0) is 33.9 Å². The molecule has 0 aromatic heterocycles. The molecule has 3 aromatic carbocycles. The number of carbonyl (C=O) groups is 2. The van der Waals surface area contributed by atoms with Gasteiger partial charge in [0.15, 0.2) is 17.6 Å². The first-order valence-electron chi connectivity index (χ1n) is 14.1. The molecular weight excluding hydrogens is 506 g/mol. The molecule has 0 radical (unpaired) electrons. The van der Waals surface area contributed by atoms with Crippen LogP contribution in [0.15, 0.2) is 72.8 Å². The fourth-order valence-corrected chi connectivity index (χ4v) is 6.39. The van der Waals surface area contributed by atoms with Crippen molar-refractivity contribution >= 4 is 11.9 Å². The molecule has 1 N–H and O–H groups in total. The SMILES string of the molecule is COc1ccc2c(c1OCc1ccccc1)C[C@H](CC(=O)O)N(C(=O)[C@H](OC1CC3CC3C1)c1ccccc1)C2. The molecule has 2 saturated carbocycles. The van der Waals surface area contributed by atoms with Gasteiger partial charge in [0, 0.05) is 18.2 Å². The van der Waals surface area contributed by atoms with Crippen molar-refractivity contribution in [3.63, 3.8) is 0 Å². The number of fused-ring (bicyclic) bond motifs is 2. The normalized spacial score (nSPS) is 23.6. The van der Waals surface area contributed by atoms with E-state index in [1.54, 1.807) is 12.0 Å². The maximum atomic E-state index is 14.3. The summed E-state index contributed by atoms with van der Waals surface area (Å²) in [5.74, 6) is 1.51. The topological polar surface area (TPSA) is 85.3 Å². The lowest BCUT2D eigenvalue weighted by atomic mass is 9.90. The summed E-state index contributed by atoms with van der Waals surface area (Å²) in [6.45, 7) is 0.633. The number of hydrogen-bond acceptors (Lipinski definition) is 5. The van der Waals surface area contributed by atoms with Crippen LogP contribution < -0.4 is 9.47 Å². The summed E-state index contributed by atoms with van der Waals surface area (Å²) in [5, 5.41) is 9.83. The van der Waals surface area contributed by atoms with Gasteiger partial charge in [0.05, 0.1) is 19.6 Å². The van der Waals surface area contributed by atoms with Gasteiger partial charge in [0.1, 0.15) is 6.61 Å². The third-order valence-corrected chi connectivity index (χ3v) is 8.54. The molecule has 3 aliphatic rings. The van der Waals surface area contributed by atoms with Crippen LogP contribution in [0.25, 0.3) is 0 Å². The van der Waals surface area contributed by atoms with Crippen LogP contribution >= 0.6 is 0 Å². The summed E-state index contributed by atoms with van der Waals surface area (Å²) in [6.07, 6.45) is 2.71. The Balaban J connectivity index is 1.30. The van der Waals surface area contributed by atoms with Crippen LogP contribution in [0.5, 0.6) is 11.5 Å². The summed E-state index contributed by atoms with van der Waals surface area (Å²) in [4.78, 5) is 28.0. The van der Waals surface area contributed by atoms with Crippen molar-refractivity contribution in [1.82, 2.24) is 4.90 Å². The van der Waals surface area contributed by atoms with Crippen molar-refractivity contribution in [1.29, 1.82) is 0 Å². The average molecular weight is 542 g/mol. The molecule has 2 aliphatic carbocycles. The molecular formula is C33H35NO6. The van der Waals surface area contributed by atoms with E-state index in [1.807, 2.05) is 72.8 Å². The number of ether oxygens (including phenoxy) is 3. The zero-order valence-electron chi connectivity index (χ0n) is 22.7. The van der Waals surface area contributed by atoms with E-state index in [0.717, 1.165) is 46.9 Å². The van der Waals surface area contributed by atoms with E-state index >= 15 is 0 Å². The molecule has 208 valence electrons. The number of benzene rings is 3. The number of nitrogens with zero attached hydrogens (tertiary/aromatic N) is 1. The first-order valence-corrected chi connectivity index (χ1v) is 14.1. The lowest BCUT2D eigenvalue weighted by Gasteiger charge is -2.39. The van der Waals surface area contributed by atoms with Crippen LogP contribution in [0.4, 0.5) is 0 Å². The maximum absolute atomic E-state index is 14.3. The van der Waals surface area contributed by atoms with E-state index in [2.05, 4.69) is 0 Å². The quantitative estimate of drug-likeness (QED) is 0.362. The van der Waals surface area contributed by atoms with E-state index < -0.39 is 18.1 Å². The Morgan fingerprint density at radius 1 is 0.950 bits per heavy atom. The standard InChI is InChI=1S/C33H35NO6/c1-38-29-13-12-23-19-34(26(18-30(35)36)17-28(23)32(29)39-20-21-8-4-2-5-9-21)33(37)31(22-10-6-3-7-11-22)40-27-15-24-14-25(24)16-27/h2-13,24-27,31H,14-20H2,1H3,(H,35,36)/t24?,25?,26-,27?,31-/m1/s1. The maximum Gasteiger partial charge on any atom is 0.305 e. The van der Waals surface area contributed by atoms with Gasteiger partial charge in [-0.25, -0.2) is 0 Å². The number of rotatable bonds is 10. The molecule has 1 aliphatic heterocycles. The Hall–Kier alpha value is -3.84. The predicted molar refractivity (Wildman–Crippen MR) is 149 cm³/mol. The minimum absolute atomic E-state index is 0.0511. The highest BCUT2D eigenvalue weighted by atomic mass is 16.5. The van der Waals surface area contributed by atoms with E-state index in [4.69, 9.17) is 14.2 Å². The molecule has 6 rings (SSSR count). The smallest absolute Gasteiger partial charge is 0.305 e. The number of aliphatic carboxylic acids is 1. The summed E-state index contributed by atoms with van der Waals surface area (Å²) >= 11 is 0. The summed E-state index contributed by atoms with van der Waals surface area (Å²) in [5.41, 5.74) is 3.63. The third-order valence-electron chi connectivity index (χ3n) is 8.54. The molecule has 40 heavy (non-hydrogen) atoms. The number of hydrogen-bond donors (Lipinski definition) is 1. The van der Waals surface area contributed by atoms with Crippen molar-refractivity contribution in [2.45, 2.75) is 63.5 Å². The number of methoxy groups -OCH3 is 1. The molecule has 1 amide bonds. The van der Waals surface area contributed by atoms with Crippen molar-refractivity contribution < 1.29 is 28.9 Å². The van der Waals surface area contributed by atoms with Gasteiger partial charge in [-0.05, 0) is 60.3 Å². The summed E-state index contributed by atoms with van der Waals surface area (Å²) < 4.78 is 18.4. The predicted octanol–water partition coefficient (Wildman–Crippen LogP) is 5.56. The van der Waals surface area contributed by atoms with Crippen molar-refractivity contribution in [2.75, 3.05) is 7.11 Å². The van der Waals surface area contributed by atoms with Gasteiger partial charge in [-0.3, -0.25) is 9.59 Å². The molecule has 0 saturated heterocycles. The Kier molecular flexibility index (Phi) is 7.48. The molecule has 7 heteroatoms. The highest BCUT2D eigenvalue weighted by Gasteiger charge is 2.48. The third kappa shape index (κ3) is 5.56. The molecule has 4 atom stereocenters. The number of carboxylic acids is 1. The molecule has 2 unspecified atom stereocenters. The minimum Gasteiger partial charge on any atom is -0.493 e. The Morgan fingerprint density at radius 3 is 2.33 bits per heavy atom. The average Bonchev–Trinajstić information content (AvgIpc) is 3.59. The Labute approximate surface area is 234 Å². The van der Waals surface area contributed by atoms with Crippen LogP contribution in [0.1, 0.15) is 54.0 Å². The van der Waals surface area contributed by atoms with E-state index in [-0.39, 0.29) is 25.0 Å². The minimum atomic E-state index is -0.950. The van der Waals surface area contributed by atoms with Gasteiger partial charge >= 0.3 is 5.97 Å². The lowest BCUT2D eigenvalue weighted by molar-refractivity contribution is -0.154. The van der Waals surface area contributed by atoms with Gasteiger partial charge in [0.25, 0.3) is 5.91 Å². The molecule has 7 nitrogen and oxygen atoms in total. The van der Waals surface area contributed by atoms with E-state index in [1.165, 1.54) is 6.42 Å². The van der Waals surface area contributed by atoms with Gasteiger partial charge in [0.2, 0.25) is 0 Å². The molecule has 0 bridgehead atoms. The van der Waals surface area contributed by atoms with Crippen LogP contribution in [-0.4, -0.2) is 41.1 Å². The van der Waals surface area contributed by atoms with Gasteiger partial charge < -0.3 is 24.2 Å². The lowest BCUT2D eigenvalue weighted by Crippen LogP contribution is -2.48. The fraction of sp³-hybridized carbons (Fsp3) is 0.394. The highest BCUT2D eigenvalue weighted by Crippen LogP contribution is 2.53. The van der Waals surface area contributed by atoms with Crippen LogP contribution in [0.3, 0.4) is 0 Å². The highest BCUT2D eigenvalue weighted by molar-refractivity contribution is 5.84. The number of carboxylic acid groups (broad SMARTS) is 1. The number of carbonyl (C=O) groups excluding carboxylic acids is 1. The van der Waals surface area contributed by atoms with Gasteiger partial charge in [-0.15, -0.1) is 0 Å². The fourth-order valence-electron chi connectivity index (χ4n) is 6.39. The second-order valence-electron chi connectivity index (χ2n) is 11.2. The first kappa shape index (κ1) is 26.4. The molecule has 0 spiro atoms. The zero-order chi connectivity index (χ0) is 27.6. The van der Waals surface area contributed by atoms with Crippen molar-refractivity contribution in [3.05, 3.63) is 95.1 Å². The van der Waals surface area contributed by atoms with Crippen LogP contribution in [0, 0.1) is 11.8 Å². The Bertz CT molecular complexity index is 1350. The summed E-state index contributed by atoms with van der Waals surface area (Å²) in [6, 6.07) is 22.7. The van der Waals surface area contributed by atoms with E-state index in [0.29, 0.717) is 24.5 Å². The monoisotopic (exact) mass is 541 g/mol. The summed E-state index contributed by atoms with van der Waals surface area (Å²) in [7, 11) is 1.60. The van der Waals surface area contributed by atoms with Gasteiger partial charge in [-0.2, -0.15) is 0 Å². The second kappa shape index (κ2) is 11.3. The molecule has 1 heterocycles. The number of amides is 1.